The van der Waals surface area contributed by atoms with E-state index in [2.05, 4.69) is 0 Å². The van der Waals surface area contributed by atoms with Crippen LogP contribution in [0.1, 0.15) is 5.56 Å². The van der Waals surface area contributed by atoms with E-state index in [1.165, 1.54) is 24.3 Å². The molecule has 0 aliphatic heterocycles. The third kappa shape index (κ3) is 3.07. The molecular formula is C14H10F5N. The van der Waals surface area contributed by atoms with Gasteiger partial charge in [0.2, 0.25) is 0 Å². The second-order valence-corrected chi connectivity index (χ2v) is 4.17. The minimum absolute atomic E-state index is 0.282. The first-order chi connectivity index (χ1) is 9.40. The molecule has 0 heterocycles. The monoisotopic (exact) mass is 287 g/mol. The third-order valence-electron chi connectivity index (χ3n) is 2.69. The molecular weight excluding hydrogens is 277 g/mol. The van der Waals surface area contributed by atoms with E-state index in [1.807, 2.05) is 5.32 Å². The zero-order valence-electron chi connectivity index (χ0n) is 10.1. The van der Waals surface area contributed by atoms with E-state index in [0.29, 0.717) is 12.1 Å². The van der Waals surface area contributed by atoms with Gasteiger partial charge in [-0.05, 0) is 0 Å². The average Bonchev–Trinajstić information content (AvgIpc) is 2.38. The number of alkyl halides is 2. The Morgan fingerprint density at radius 3 is 2.00 bits per heavy atom. The molecule has 0 aliphatic rings. The fourth-order valence-corrected chi connectivity index (χ4v) is 1.69. The van der Waals surface area contributed by atoms with Gasteiger partial charge < -0.3 is 5.32 Å². The van der Waals surface area contributed by atoms with E-state index in [1.54, 1.807) is 6.07 Å². The van der Waals surface area contributed by atoms with Crippen LogP contribution < -0.4 is 5.32 Å². The predicted molar refractivity (Wildman–Crippen MR) is 65.1 cm³/mol. The first kappa shape index (κ1) is 14.3. The number of rotatable bonds is 4. The molecule has 6 heteroatoms. The highest BCUT2D eigenvalue weighted by Crippen LogP contribution is 2.29. The normalized spacial score (nSPS) is 11.4. The summed E-state index contributed by atoms with van der Waals surface area (Å²) in [5.41, 5.74) is -1.06. The Morgan fingerprint density at radius 2 is 1.45 bits per heavy atom. The maximum Gasteiger partial charge on any atom is 0.290 e. The van der Waals surface area contributed by atoms with E-state index in [4.69, 9.17) is 0 Å². The SMILES string of the molecule is Fc1cc(F)c(NCC(F)(F)c2ccccc2)c(F)c1. The van der Waals surface area contributed by atoms with Crippen molar-refractivity contribution in [2.24, 2.45) is 0 Å². The van der Waals surface area contributed by atoms with Crippen LogP contribution in [0.3, 0.4) is 0 Å². The van der Waals surface area contributed by atoms with Crippen molar-refractivity contribution in [1.82, 2.24) is 0 Å². The summed E-state index contributed by atoms with van der Waals surface area (Å²) >= 11 is 0. The lowest BCUT2D eigenvalue weighted by atomic mass is 10.1. The van der Waals surface area contributed by atoms with Crippen LogP contribution in [0.4, 0.5) is 27.6 Å². The standard InChI is InChI=1S/C14H10F5N/c15-10-6-11(16)13(12(17)7-10)20-8-14(18,19)9-4-2-1-3-5-9/h1-7,20H,8H2. The molecule has 0 radical (unpaired) electrons. The molecule has 1 N–H and O–H groups in total. The summed E-state index contributed by atoms with van der Waals surface area (Å²) in [6.07, 6.45) is 0. The van der Waals surface area contributed by atoms with Crippen molar-refractivity contribution in [2.75, 3.05) is 11.9 Å². The maximum absolute atomic E-state index is 13.8. The molecule has 0 unspecified atom stereocenters. The topological polar surface area (TPSA) is 12.0 Å². The van der Waals surface area contributed by atoms with E-state index in [-0.39, 0.29) is 5.56 Å². The number of halogens is 5. The Morgan fingerprint density at radius 1 is 0.900 bits per heavy atom. The molecule has 0 saturated carbocycles. The fourth-order valence-electron chi connectivity index (χ4n) is 1.69. The van der Waals surface area contributed by atoms with Crippen molar-refractivity contribution in [2.45, 2.75) is 5.92 Å². The second kappa shape index (κ2) is 5.48. The van der Waals surface area contributed by atoms with Crippen molar-refractivity contribution in [3.63, 3.8) is 0 Å². The zero-order chi connectivity index (χ0) is 14.8. The highest BCUT2D eigenvalue weighted by Gasteiger charge is 2.31. The van der Waals surface area contributed by atoms with Crippen LogP contribution in [-0.4, -0.2) is 6.54 Å². The summed E-state index contributed by atoms with van der Waals surface area (Å²) in [5, 5.41) is 1.98. The number of anilines is 1. The van der Waals surface area contributed by atoms with Gasteiger partial charge in [0.25, 0.3) is 5.92 Å². The predicted octanol–water partition coefficient (Wildman–Crippen LogP) is 4.31. The minimum Gasteiger partial charge on any atom is -0.374 e. The van der Waals surface area contributed by atoms with Crippen LogP contribution in [0, 0.1) is 17.5 Å². The molecule has 0 bridgehead atoms. The molecule has 0 aliphatic carbocycles. The van der Waals surface area contributed by atoms with Crippen LogP contribution in [0.25, 0.3) is 0 Å². The highest BCUT2D eigenvalue weighted by atomic mass is 19.3. The molecule has 2 aromatic carbocycles. The molecule has 2 rings (SSSR count). The van der Waals surface area contributed by atoms with Gasteiger partial charge in [-0.3, -0.25) is 0 Å². The Bertz CT molecular complexity index is 575. The summed E-state index contributed by atoms with van der Waals surface area (Å²) in [7, 11) is 0. The molecule has 0 amide bonds. The Balaban J connectivity index is 2.17. The molecule has 0 saturated heterocycles. The van der Waals surface area contributed by atoms with E-state index >= 15 is 0 Å². The Hall–Kier alpha value is -2.11. The minimum atomic E-state index is -3.31. The second-order valence-electron chi connectivity index (χ2n) is 4.17. The number of hydrogen-bond donors (Lipinski definition) is 1. The van der Waals surface area contributed by atoms with Gasteiger partial charge in [-0.15, -0.1) is 0 Å². The van der Waals surface area contributed by atoms with Gasteiger partial charge in [0, 0.05) is 17.7 Å². The molecule has 0 spiro atoms. The first-order valence-electron chi connectivity index (χ1n) is 5.72. The largest absolute Gasteiger partial charge is 0.374 e. The first-order valence-corrected chi connectivity index (χ1v) is 5.72. The summed E-state index contributed by atoms with van der Waals surface area (Å²) < 4.78 is 66.9. The van der Waals surface area contributed by atoms with Gasteiger partial charge in [-0.25, -0.2) is 13.2 Å². The Kier molecular flexibility index (Phi) is 3.92. The van der Waals surface area contributed by atoms with Crippen LogP contribution >= 0.6 is 0 Å². The molecule has 106 valence electrons. The van der Waals surface area contributed by atoms with Crippen molar-refractivity contribution in [3.05, 3.63) is 65.5 Å². The number of benzene rings is 2. The highest BCUT2D eigenvalue weighted by molar-refractivity contribution is 5.47. The summed E-state index contributed by atoms with van der Waals surface area (Å²) in [5.74, 6) is -6.94. The van der Waals surface area contributed by atoms with E-state index in [9.17, 15) is 22.0 Å². The van der Waals surface area contributed by atoms with Gasteiger partial charge in [-0.2, -0.15) is 8.78 Å². The van der Waals surface area contributed by atoms with Gasteiger partial charge in [0.15, 0.2) is 11.6 Å². The van der Waals surface area contributed by atoms with Gasteiger partial charge in [-0.1, -0.05) is 30.3 Å². The average molecular weight is 287 g/mol. The quantitative estimate of drug-likeness (QED) is 0.826. The molecule has 2 aromatic rings. The van der Waals surface area contributed by atoms with E-state index < -0.39 is 35.6 Å². The van der Waals surface area contributed by atoms with E-state index in [0.717, 1.165) is 0 Å². The van der Waals surface area contributed by atoms with Crippen LogP contribution in [0.5, 0.6) is 0 Å². The van der Waals surface area contributed by atoms with Crippen LogP contribution in [0.2, 0.25) is 0 Å². The van der Waals surface area contributed by atoms with Crippen molar-refractivity contribution >= 4 is 5.69 Å². The van der Waals surface area contributed by atoms with Crippen molar-refractivity contribution in [1.29, 1.82) is 0 Å². The van der Waals surface area contributed by atoms with Gasteiger partial charge in [0.05, 0.1) is 6.54 Å². The van der Waals surface area contributed by atoms with Gasteiger partial charge in [0.1, 0.15) is 11.5 Å². The fraction of sp³-hybridized carbons (Fsp3) is 0.143. The lowest BCUT2D eigenvalue weighted by molar-refractivity contribution is 0.0105. The lowest BCUT2D eigenvalue weighted by Crippen LogP contribution is -2.25. The molecule has 0 aromatic heterocycles. The summed E-state index contributed by atoms with van der Waals surface area (Å²) in [6.45, 7) is -1.00. The number of nitrogens with one attached hydrogen (secondary N) is 1. The third-order valence-corrected chi connectivity index (χ3v) is 2.69. The zero-order valence-corrected chi connectivity index (χ0v) is 10.1. The Labute approximate surface area is 112 Å². The van der Waals surface area contributed by atoms with Crippen LogP contribution in [-0.2, 0) is 5.92 Å². The number of hydrogen-bond acceptors (Lipinski definition) is 1. The molecule has 20 heavy (non-hydrogen) atoms. The maximum atomic E-state index is 13.8. The summed E-state index contributed by atoms with van der Waals surface area (Å²) in [6, 6.07) is 7.70. The summed E-state index contributed by atoms with van der Waals surface area (Å²) in [4.78, 5) is 0. The van der Waals surface area contributed by atoms with Crippen LogP contribution in [0.15, 0.2) is 42.5 Å². The smallest absolute Gasteiger partial charge is 0.290 e. The van der Waals surface area contributed by atoms with Gasteiger partial charge >= 0.3 is 0 Å². The van der Waals surface area contributed by atoms with Crippen molar-refractivity contribution < 1.29 is 22.0 Å². The molecule has 0 fully saturated rings. The molecule has 1 nitrogen and oxygen atoms in total. The van der Waals surface area contributed by atoms with Crippen molar-refractivity contribution in [3.8, 4) is 0 Å². The lowest BCUT2D eigenvalue weighted by Gasteiger charge is -2.18. The molecule has 0 atom stereocenters.